The highest BCUT2D eigenvalue weighted by Crippen LogP contribution is 2.45. The molecule has 1 N–H and O–H groups in total. The fourth-order valence-electron chi connectivity index (χ4n) is 3.20. The van der Waals surface area contributed by atoms with E-state index in [1.165, 1.54) is 16.7 Å². The minimum atomic E-state index is -0.0137. The number of fused-ring (bicyclic) bond motifs is 1. The molecule has 1 aromatic rings. The Morgan fingerprint density at radius 2 is 1.90 bits per heavy atom. The summed E-state index contributed by atoms with van der Waals surface area (Å²) in [6, 6.07) is 4.90. The highest BCUT2D eigenvalue weighted by molar-refractivity contribution is 5.48. The fourth-order valence-corrected chi connectivity index (χ4v) is 3.20. The summed E-state index contributed by atoms with van der Waals surface area (Å²) >= 11 is 0. The zero-order chi connectivity index (χ0) is 15.6. The molecular formula is C19H31NO. The van der Waals surface area contributed by atoms with Crippen LogP contribution in [0.3, 0.4) is 0 Å². The van der Waals surface area contributed by atoms with Gasteiger partial charge in [-0.15, -0.1) is 0 Å². The largest absolute Gasteiger partial charge is 0.487 e. The molecule has 1 atom stereocenters. The third-order valence-electron chi connectivity index (χ3n) is 5.04. The first-order valence-corrected chi connectivity index (χ1v) is 8.45. The maximum absolute atomic E-state index is 6.53. The molecule has 0 amide bonds. The lowest BCUT2D eigenvalue weighted by atomic mass is 9.82. The van der Waals surface area contributed by atoms with Gasteiger partial charge in [0.2, 0.25) is 0 Å². The maximum Gasteiger partial charge on any atom is 0.128 e. The minimum absolute atomic E-state index is 0.0137. The third kappa shape index (κ3) is 3.26. The Morgan fingerprint density at radius 1 is 1.24 bits per heavy atom. The first kappa shape index (κ1) is 16.4. The van der Waals surface area contributed by atoms with Gasteiger partial charge >= 0.3 is 0 Å². The zero-order valence-electron chi connectivity index (χ0n) is 14.5. The molecule has 1 aliphatic rings. The van der Waals surface area contributed by atoms with E-state index in [-0.39, 0.29) is 5.60 Å². The number of nitrogens with one attached hydrogen (secondary N) is 1. The van der Waals surface area contributed by atoms with Gasteiger partial charge in [-0.25, -0.2) is 0 Å². The van der Waals surface area contributed by atoms with Crippen molar-refractivity contribution < 1.29 is 4.74 Å². The van der Waals surface area contributed by atoms with Crippen LogP contribution in [0.2, 0.25) is 0 Å². The molecular weight excluding hydrogens is 258 g/mol. The lowest BCUT2D eigenvalue weighted by molar-refractivity contribution is 0.0216. The van der Waals surface area contributed by atoms with E-state index in [1.54, 1.807) is 0 Å². The summed E-state index contributed by atoms with van der Waals surface area (Å²) in [5.41, 5.74) is 3.95. The van der Waals surface area contributed by atoms with Crippen molar-refractivity contribution in [3.05, 3.63) is 28.8 Å². The van der Waals surface area contributed by atoms with Crippen molar-refractivity contribution in [1.82, 2.24) is 5.32 Å². The van der Waals surface area contributed by atoms with Gasteiger partial charge in [-0.1, -0.05) is 39.8 Å². The lowest BCUT2D eigenvalue weighted by Crippen LogP contribution is -2.44. The van der Waals surface area contributed by atoms with Crippen LogP contribution in [0.15, 0.2) is 12.1 Å². The highest BCUT2D eigenvalue weighted by Gasteiger charge is 2.39. The van der Waals surface area contributed by atoms with Crippen molar-refractivity contribution in [3.63, 3.8) is 0 Å². The first-order valence-electron chi connectivity index (χ1n) is 8.45. The number of hydrogen-bond acceptors (Lipinski definition) is 2. The van der Waals surface area contributed by atoms with Crippen molar-refractivity contribution in [1.29, 1.82) is 0 Å². The summed E-state index contributed by atoms with van der Waals surface area (Å²) in [5.74, 6) is 1.80. The summed E-state index contributed by atoms with van der Waals surface area (Å²) in [6.45, 7) is 14.4. The molecule has 0 aromatic heterocycles. The molecule has 0 fully saturated rings. The average molecular weight is 289 g/mol. The Morgan fingerprint density at radius 3 is 2.48 bits per heavy atom. The molecule has 0 spiro atoms. The molecule has 0 radical (unpaired) electrons. The van der Waals surface area contributed by atoms with Gasteiger partial charge in [-0.05, 0) is 50.3 Å². The van der Waals surface area contributed by atoms with Crippen molar-refractivity contribution in [2.75, 3.05) is 6.54 Å². The second kappa shape index (κ2) is 6.39. The van der Waals surface area contributed by atoms with Crippen molar-refractivity contribution >= 4 is 0 Å². The van der Waals surface area contributed by atoms with Crippen LogP contribution in [0.25, 0.3) is 0 Å². The molecule has 2 heteroatoms. The van der Waals surface area contributed by atoms with Crippen molar-refractivity contribution in [3.8, 4) is 5.75 Å². The Kier molecular flexibility index (Phi) is 4.98. The number of benzene rings is 1. The molecule has 21 heavy (non-hydrogen) atoms. The van der Waals surface area contributed by atoms with Crippen LogP contribution >= 0.6 is 0 Å². The average Bonchev–Trinajstić information content (AvgIpc) is 2.48. The Balaban J connectivity index is 2.40. The number of rotatable bonds is 5. The fraction of sp³-hybridized carbons (Fsp3) is 0.684. The van der Waals surface area contributed by atoms with Crippen LogP contribution in [-0.4, -0.2) is 12.1 Å². The molecule has 118 valence electrons. The molecule has 1 unspecified atom stereocenters. The summed E-state index contributed by atoms with van der Waals surface area (Å²) < 4.78 is 6.53. The molecule has 1 aliphatic heterocycles. The summed E-state index contributed by atoms with van der Waals surface area (Å²) in [7, 11) is 0. The van der Waals surface area contributed by atoms with Gasteiger partial charge in [0.25, 0.3) is 0 Å². The highest BCUT2D eigenvalue weighted by atomic mass is 16.5. The van der Waals surface area contributed by atoms with Gasteiger partial charge in [-0.3, -0.25) is 0 Å². The normalized spacial score (nSPS) is 20.2. The molecule has 0 saturated carbocycles. The first-order chi connectivity index (χ1) is 9.92. The van der Waals surface area contributed by atoms with E-state index in [4.69, 9.17) is 4.74 Å². The van der Waals surface area contributed by atoms with Crippen LogP contribution in [0.1, 0.15) is 69.7 Å². The second-order valence-corrected chi connectivity index (χ2v) is 6.98. The van der Waals surface area contributed by atoms with Gasteiger partial charge in [0.1, 0.15) is 11.4 Å². The Bertz CT molecular complexity index is 489. The van der Waals surface area contributed by atoms with Gasteiger partial charge in [-0.2, -0.15) is 0 Å². The molecule has 1 heterocycles. The predicted octanol–water partition coefficient (Wildman–Crippen LogP) is 4.93. The Labute approximate surface area is 130 Å². The van der Waals surface area contributed by atoms with E-state index in [1.807, 2.05) is 0 Å². The smallest absolute Gasteiger partial charge is 0.128 e. The predicted molar refractivity (Wildman–Crippen MR) is 90.1 cm³/mol. The van der Waals surface area contributed by atoms with Crippen LogP contribution < -0.4 is 10.1 Å². The SMILES string of the molecule is CCC1(CC)CC(NCC(C)C)c2ccc(C)c(C)c2O1. The molecule has 2 nitrogen and oxygen atoms in total. The van der Waals surface area contributed by atoms with Gasteiger partial charge in [0.15, 0.2) is 0 Å². The van der Waals surface area contributed by atoms with Crippen LogP contribution in [-0.2, 0) is 0 Å². The number of aryl methyl sites for hydroxylation is 1. The molecule has 0 bridgehead atoms. The monoisotopic (exact) mass is 289 g/mol. The van der Waals surface area contributed by atoms with Gasteiger partial charge in [0.05, 0.1) is 0 Å². The summed E-state index contributed by atoms with van der Waals surface area (Å²) in [6.07, 6.45) is 3.20. The van der Waals surface area contributed by atoms with Crippen LogP contribution in [0.4, 0.5) is 0 Å². The summed E-state index contributed by atoms with van der Waals surface area (Å²) in [4.78, 5) is 0. The Hall–Kier alpha value is -1.02. The molecule has 2 rings (SSSR count). The second-order valence-electron chi connectivity index (χ2n) is 6.98. The molecule has 0 saturated heterocycles. The van der Waals surface area contributed by atoms with Crippen LogP contribution in [0, 0.1) is 19.8 Å². The van der Waals surface area contributed by atoms with Crippen molar-refractivity contribution in [2.24, 2.45) is 5.92 Å². The van der Waals surface area contributed by atoms with E-state index in [2.05, 4.69) is 59.0 Å². The van der Waals surface area contributed by atoms with E-state index in [0.29, 0.717) is 12.0 Å². The standard InChI is InChI=1S/C19H31NO/c1-7-19(8-2)11-17(20-12-13(3)4)16-10-9-14(5)15(6)18(16)21-19/h9-10,13,17,20H,7-8,11-12H2,1-6H3. The quantitative estimate of drug-likeness (QED) is 0.829. The topological polar surface area (TPSA) is 21.3 Å². The lowest BCUT2D eigenvalue weighted by Gasteiger charge is -2.43. The van der Waals surface area contributed by atoms with E-state index in [0.717, 1.165) is 31.6 Å². The number of hydrogen-bond donors (Lipinski definition) is 1. The van der Waals surface area contributed by atoms with Gasteiger partial charge < -0.3 is 10.1 Å². The van der Waals surface area contributed by atoms with E-state index < -0.39 is 0 Å². The van der Waals surface area contributed by atoms with Crippen LogP contribution in [0.5, 0.6) is 5.75 Å². The van der Waals surface area contributed by atoms with E-state index in [9.17, 15) is 0 Å². The van der Waals surface area contributed by atoms with E-state index >= 15 is 0 Å². The molecule has 0 aliphatic carbocycles. The van der Waals surface area contributed by atoms with Crippen molar-refractivity contribution in [2.45, 2.75) is 72.4 Å². The molecule has 1 aromatic carbocycles. The summed E-state index contributed by atoms with van der Waals surface area (Å²) in [5, 5.41) is 3.77. The zero-order valence-corrected chi connectivity index (χ0v) is 14.5. The van der Waals surface area contributed by atoms with Gasteiger partial charge in [0, 0.05) is 18.0 Å². The number of ether oxygens (including phenoxy) is 1. The minimum Gasteiger partial charge on any atom is -0.487 e. The maximum atomic E-state index is 6.53. The third-order valence-corrected chi connectivity index (χ3v) is 5.04.